The molecular formula is C12H20N4O. The molecule has 1 rings (SSSR count). The number of ketones is 1. The molecule has 0 aliphatic rings. The molecule has 0 saturated heterocycles. The maximum absolute atomic E-state index is 11.4. The van der Waals surface area contributed by atoms with Gasteiger partial charge in [-0.1, -0.05) is 13.8 Å². The van der Waals surface area contributed by atoms with Gasteiger partial charge >= 0.3 is 0 Å². The lowest BCUT2D eigenvalue weighted by molar-refractivity contribution is -0.119. The lowest BCUT2D eigenvalue weighted by Crippen LogP contribution is -2.40. The Morgan fingerprint density at radius 1 is 1.53 bits per heavy atom. The first-order valence-corrected chi connectivity index (χ1v) is 5.83. The quantitative estimate of drug-likeness (QED) is 0.768. The molecule has 0 aliphatic carbocycles. The smallest absolute Gasteiger partial charge is 0.220 e. The summed E-state index contributed by atoms with van der Waals surface area (Å²) in [5.74, 6) is 0.430. The molecule has 0 aromatic carbocycles. The van der Waals surface area contributed by atoms with E-state index in [1.807, 2.05) is 19.9 Å². The van der Waals surface area contributed by atoms with Gasteiger partial charge in [0.05, 0.1) is 6.04 Å². The van der Waals surface area contributed by atoms with E-state index in [0.717, 1.165) is 18.5 Å². The standard InChI is InChI=1S/C12H20N4O/c1-8(2)15-11(9(3)17)5-4-10-6-7-14-12(13)16-10/h6-8,11,15H,4-5H2,1-3H3,(H2,13,14,16)/t11-/m1/s1. The van der Waals surface area contributed by atoms with Crippen molar-refractivity contribution in [2.75, 3.05) is 5.73 Å². The van der Waals surface area contributed by atoms with Crippen LogP contribution in [0, 0.1) is 0 Å². The number of nitrogens with two attached hydrogens (primary N) is 1. The van der Waals surface area contributed by atoms with E-state index in [4.69, 9.17) is 5.73 Å². The number of hydrogen-bond acceptors (Lipinski definition) is 5. The van der Waals surface area contributed by atoms with Gasteiger partial charge in [0.1, 0.15) is 5.78 Å². The van der Waals surface area contributed by atoms with Gasteiger partial charge in [-0.05, 0) is 25.8 Å². The Morgan fingerprint density at radius 3 is 2.76 bits per heavy atom. The number of nitrogens with zero attached hydrogens (tertiary/aromatic N) is 2. The molecular weight excluding hydrogens is 216 g/mol. The van der Waals surface area contributed by atoms with E-state index < -0.39 is 0 Å². The van der Waals surface area contributed by atoms with Gasteiger partial charge in [0.25, 0.3) is 0 Å². The number of nitrogens with one attached hydrogen (secondary N) is 1. The first kappa shape index (κ1) is 13.6. The van der Waals surface area contributed by atoms with E-state index in [2.05, 4.69) is 15.3 Å². The summed E-state index contributed by atoms with van der Waals surface area (Å²) in [4.78, 5) is 19.4. The third-order valence-corrected chi connectivity index (χ3v) is 2.45. The van der Waals surface area contributed by atoms with Crippen molar-refractivity contribution in [3.63, 3.8) is 0 Å². The molecule has 1 heterocycles. The summed E-state index contributed by atoms with van der Waals surface area (Å²) >= 11 is 0. The van der Waals surface area contributed by atoms with Crippen molar-refractivity contribution in [1.29, 1.82) is 0 Å². The Morgan fingerprint density at radius 2 is 2.24 bits per heavy atom. The van der Waals surface area contributed by atoms with Crippen LogP contribution in [0.15, 0.2) is 12.3 Å². The van der Waals surface area contributed by atoms with Gasteiger partial charge in [0, 0.05) is 17.9 Å². The van der Waals surface area contributed by atoms with Crippen molar-refractivity contribution < 1.29 is 4.79 Å². The molecule has 5 nitrogen and oxygen atoms in total. The second-order valence-corrected chi connectivity index (χ2v) is 4.43. The molecule has 0 spiro atoms. The fraction of sp³-hybridized carbons (Fsp3) is 0.583. The summed E-state index contributed by atoms with van der Waals surface area (Å²) in [5, 5.41) is 3.24. The Kier molecular flexibility index (Phi) is 5.03. The monoisotopic (exact) mass is 236 g/mol. The van der Waals surface area contributed by atoms with Crippen molar-refractivity contribution >= 4 is 11.7 Å². The first-order valence-electron chi connectivity index (χ1n) is 5.83. The van der Waals surface area contributed by atoms with Crippen molar-refractivity contribution in [1.82, 2.24) is 15.3 Å². The minimum absolute atomic E-state index is 0.119. The zero-order chi connectivity index (χ0) is 12.8. The normalized spacial score (nSPS) is 12.7. The van der Waals surface area contributed by atoms with E-state index in [1.165, 1.54) is 0 Å². The number of aryl methyl sites for hydroxylation is 1. The first-order chi connectivity index (χ1) is 7.99. The zero-order valence-corrected chi connectivity index (χ0v) is 10.6. The highest BCUT2D eigenvalue weighted by atomic mass is 16.1. The van der Waals surface area contributed by atoms with Crippen molar-refractivity contribution in [2.45, 2.75) is 45.7 Å². The number of carbonyl (C=O) groups excluding carboxylic acids is 1. The van der Waals surface area contributed by atoms with Gasteiger partial charge in [0.15, 0.2) is 0 Å². The van der Waals surface area contributed by atoms with Gasteiger partial charge in [-0.2, -0.15) is 0 Å². The number of hydrogen-bond donors (Lipinski definition) is 2. The fourth-order valence-corrected chi connectivity index (χ4v) is 1.65. The van der Waals surface area contributed by atoms with E-state index in [1.54, 1.807) is 13.1 Å². The summed E-state index contributed by atoms with van der Waals surface area (Å²) in [6.45, 7) is 5.66. The Bertz CT molecular complexity index is 379. The second kappa shape index (κ2) is 6.30. The van der Waals surface area contributed by atoms with Crippen LogP contribution in [0.4, 0.5) is 5.95 Å². The topological polar surface area (TPSA) is 80.9 Å². The maximum atomic E-state index is 11.4. The lowest BCUT2D eigenvalue weighted by atomic mass is 10.1. The summed E-state index contributed by atoms with van der Waals surface area (Å²) in [6, 6.07) is 1.99. The van der Waals surface area contributed by atoms with E-state index in [-0.39, 0.29) is 17.8 Å². The number of anilines is 1. The number of carbonyl (C=O) groups is 1. The molecule has 0 radical (unpaired) electrons. The highest BCUT2D eigenvalue weighted by molar-refractivity contribution is 5.81. The summed E-state index contributed by atoms with van der Waals surface area (Å²) in [6.07, 6.45) is 3.08. The van der Waals surface area contributed by atoms with Crippen molar-refractivity contribution in [2.24, 2.45) is 0 Å². The second-order valence-electron chi connectivity index (χ2n) is 4.43. The number of aromatic nitrogens is 2. The molecule has 17 heavy (non-hydrogen) atoms. The number of rotatable bonds is 6. The van der Waals surface area contributed by atoms with Crippen LogP contribution in [0.2, 0.25) is 0 Å². The largest absolute Gasteiger partial charge is 0.368 e. The zero-order valence-electron chi connectivity index (χ0n) is 10.6. The summed E-state index contributed by atoms with van der Waals surface area (Å²) in [7, 11) is 0. The highest BCUT2D eigenvalue weighted by Gasteiger charge is 2.15. The third-order valence-electron chi connectivity index (χ3n) is 2.45. The average Bonchev–Trinajstić information content (AvgIpc) is 2.23. The van der Waals surface area contributed by atoms with Gasteiger partial charge in [-0.15, -0.1) is 0 Å². The highest BCUT2D eigenvalue weighted by Crippen LogP contribution is 2.05. The Labute approximate surface area is 102 Å². The number of nitrogen functional groups attached to an aromatic ring is 1. The molecule has 0 aliphatic heterocycles. The molecule has 3 N–H and O–H groups in total. The summed E-state index contributed by atoms with van der Waals surface area (Å²) < 4.78 is 0. The van der Waals surface area contributed by atoms with Gasteiger partial charge in [-0.25, -0.2) is 9.97 Å². The van der Waals surface area contributed by atoms with Crippen molar-refractivity contribution in [3.8, 4) is 0 Å². The molecule has 5 heteroatoms. The van der Waals surface area contributed by atoms with Gasteiger partial charge in [-0.3, -0.25) is 4.79 Å². The Balaban J connectivity index is 2.54. The summed E-state index contributed by atoms with van der Waals surface area (Å²) in [5.41, 5.74) is 6.37. The minimum atomic E-state index is -0.119. The molecule has 0 fully saturated rings. The van der Waals surface area contributed by atoms with Crippen LogP contribution < -0.4 is 11.1 Å². The molecule has 0 bridgehead atoms. The molecule has 1 atom stereocenters. The molecule has 1 aromatic rings. The van der Waals surface area contributed by atoms with E-state index in [0.29, 0.717) is 6.04 Å². The average molecular weight is 236 g/mol. The number of Topliss-reactive ketones (excluding diaryl/α,β-unsaturated/α-hetero) is 1. The van der Waals surface area contributed by atoms with Crippen molar-refractivity contribution in [3.05, 3.63) is 18.0 Å². The Hall–Kier alpha value is -1.49. The van der Waals surface area contributed by atoms with Gasteiger partial charge < -0.3 is 11.1 Å². The minimum Gasteiger partial charge on any atom is -0.368 e. The van der Waals surface area contributed by atoms with Crippen LogP contribution in [0.25, 0.3) is 0 Å². The van der Waals surface area contributed by atoms with Crippen LogP contribution in [0.1, 0.15) is 32.9 Å². The van der Waals surface area contributed by atoms with Crippen LogP contribution in [0.3, 0.4) is 0 Å². The van der Waals surface area contributed by atoms with Crippen LogP contribution in [-0.2, 0) is 11.2 Å². The van der Waals surface area contributed by atoms with E-state index in [9.17, 15) is 4.79 Å². The van der Waals surface area contributed by atoms with E-state index >= 15 is 0 Å². The molecule has 0 amide bonds. The maximum Gasteiger partial charge on any atom is 0.220 e. The van der Waals surface area contributed by atoms with Crippen LogP contribution >= 0.6 is 0 Å². The predicted molar refractivity (Wildman–Crippen MR) is 67.5 cm³/mol. The molecule has 1 aromatic heterocycles. The van der Waals surface area contributed by atoms with Gasteiger partial charge in [0.2, 0.25) is 5.95 Å². The lowest BCUT2D eigenvalue weighted by Gasteiger charge is -2.18. The van der Waals surface area contributed by atoms with Crippen LogP contribution in [0.5, 0.6) is 0 Å². The molecule has 94 valence electrons. The SMILES string of the molecule is CC(=O)[C@@H](CCc1ccnc(N)n1)NC(C)C. The van der Waals surface area contributed by atoms with Crippen LogP contribution in [-0.4, -0.2) is 27.8 Å². The fourth-order valence-electron chi connectivity index (χ4n) is 1.65. The third kappa shape index (κ3) is 4.91. The molecule has 0 saturated carbocycles. The molecule has 0 unspecified atom stereocenters. The predicted octanol–water partition coefficient (Wildman–Crippen LogP) is 0.947.